The summed E-state index contributed by atoms with van der Waals surface area (Å²) in [7, 11) is 4.14. The molecule has 1 aromatic rings. The lowest BCUT2D eigenvalue weighted by atomic mass is 10.4. The van der Waals surface area contributed by atoms with Crippen LogP contribution in [-0.2, 0) is 10.0 Å². The minimum Gasteiger partial charge on any atom is -0.349 e. The van der Waals surface area contributed by atoms with E-state index in [1.165, 1.54) is 0 Å². The van der Waals surface area contributed by atoms with Crippen molar-refractivity contribution in [2.24, 2.45) is 4.99 Å². The van der Waals surface area contributed by atoms with Gasteiger partial charge in [0.05, 0.1) is 11.4 Å². The van der Waals surface area contributed by atoms with Gasteiger partial charge in [0.25, 0.3) is 0 Å². The first-order valence-corrected chi connectivity index (χ1v) is 7.76. The Kier molecular flexibility index (Phi) is 8.83. The van der Waals surface area contributed by atoms with Crippen molar-refractivity contribution in [1.29, 1.82) is 0 Å². The Morgan fingerprint density at radius 2 is 1.62 bits per heavy atom. The van der Waals surface area contributed by atoms with Crippen LogP contribution in [-0.4, -0.2) is 65.5 Å². The van der Waals surface area contributed by atoms with E-state index in [0.717, 1.165) is 5.96 Å². The zero-order valence-electron chi connectivity index (χ0n) is 12.8. The second kappa shape index (κ2) is 9.21. The standard InChI is InChI=1S/C13H22N4O2S.HI/c1-16(2)13(17(3)4)14-10-11-15-20(18,19)12-8-6-5-7-9-12;/h5-9,15H,10-11H2,1-4H3;1H. The zero-order valence-corrected chi connectivity index (χ0v) is 15.9. The number of hydrogen-bond acceptors (Lipinski definition) is 3. The Hall–Kier alpha value is -0.870. The predicted molar refractivity (Wildman–Crippen MR) is 96.7 cm³/mol. The molecule has 0 aromatic heterocycles. The number of hydrogen-bond donors (Lipinski definition) is 1. The van der Waals surface area contributed by atoms with Crippen molar-refractivity contribution in [3.05, 3.63) is 30.3 Å². The summed E-state index contributed by atoms with van der Waals surface area (Å²) < 4.78 is 26.5. The van der Waals surface area contributed by atoms with Crippen molar-refractivity contribution in [2.75, 3.05) is 41.3 Å². The number of nitrogens with zero attached hydrogens (tertiary/aromatic N) is 3. The van der Waals surface area contributed by atoms with Crippen LogP contribution in [0.1, 0.15) is 0 Å². The smallest absolute Gasteiger partial charge is 0.240 e. The molecule has 0 aliphatic rings. The van der Waals surface area contributed by atoms with E-state index in [4.69, 9.17) is 0 Å². The summed E-state index contributed by atoms with van der Waals surface area (Å²) in [6.07, 6.45) is 0. The van der Waals surface area contributed by atoms with Crippen LogP contribution in [0, 0.1) is 0 Å². The van der Waals surface area contributed by atoms with E-state index >= 15 is 0 Å². The van der Waals surface area contributed by atoms with Crippen LogP contribution in [0.2, 0.25) is 0 Å². The topological polar surface area (TPSA) is 65.0 Å². The Morgan fingerprint density at radius 3 is 2.10 bits per heavy atom. The van der Waals surface area contributed by atoms with Gasteiger partial charge in [-0.05, 0) is 12.1 Å². The normalized spacial score (nSPS) is 10.5. The van der Waals surface area contributed by atoms with Crippen LogP contribution in [0.3, 0.4) is 0 Å². The molecule has 6 nitrogen and oxygen atoms in total. The molecule has 0 spiro atoms. The summed E-state index contributed by atoms with van der Waals surface area (Å²) in [6.45, 7) is 0.653. The predicted octanol–water partition coefficient (Wildman–Crippen LogP) is 1.06. The maximum Gasteiger partial charge on any atom is 0.240 e. The molecule has 1 aromatic carbocycles. The second-order valence-corrected chi connectivity index (χ2v) is 6.45. The lowest BCUT2D eigenvalue weighted by Crippen LogP contribution is -2.36. The third kappa shape index (κ3) is 6.62. The first-order chi connectivity index (χ1) is 9.34. The molecule has 0 heterocycles. The number of nitrogens with one attached hydrogen (secondary N) is 1. The first-order valence-electron chi connectivity index (χ1n) is 6.28. The molecule has 0 atom stereocenters. The first kappa shape index (κ1) is 20.1. The van der Waals surface area contributed by atoms with Gasteiger partial charge in [0.1, 0.15) is 0 Å². The molecule has 0 amide bonds. The van der Waals surface area contributed by atoms with Gasteiger partial charge in [-0.15, -0.1) is 24.0 Å². The summed E-state index contributed by atoms with van der Waals surface area (Å²) in [6, 6.07) is 8.31. The summed E-state index contributed by atoms with van der Waals surface area (Å²) in [4.78, 5) is 8.39. The van der Waals surface area contributed by atoms with Gasteiger partial charge in [0.15, 0.2) is 5.96 Å². The van der Waals surface area contributed by atoms with E-state index in [1.807, 2.05) is 38.0 Å². The SMILES string of the molecule is CN(C)C(=NCCNS(=O)(=O)c1ccccc1)N(C)C.I. The fraction of sp³-hybridized carbons (Fsp3) is 0.462. The molecule has 1 rings (SSSR count). The monoisotopic (exact) mass is 426 g/mol. The molecule has 8 heteroatoms. The Labute approximate surface area is 144 Å². The number of halogens is 1. The highest BCUT2D eigenvalue weighted by atomic mass is 127. The van der Waals surface area contributed by atoms with Crippen LogP contribution in [0.25, 0.3) is 0 Å². The van der Waals surface area contributed by atoms with Crippen LogP contribution >= 0.6 is 24.0 Å². The minimum absolute atomic E-state index is 0. The van der Waals surface area contributed by atoms with E-state index in [9.17, 15) is 8.42 Å². The zero-order chi connectivity index (χ0) is 15.2. The van der Waals surface area contributed by atoms with Crippen LogP contribution in [0.5, 0.6) is 0 Å². The van der Waals surface area contributed by atoms with Crippen molar-refractivity contribution >= 4 is 40.0 Å². The van der Waals surface area contributed by atoms with Crippen LogP contribution in [0.15, 0.2) is 40.2 Å². The maximum atomic E-state index is 12.0. The molecule has 0 saturated carbocycles. The molecule has 0 saturated heterocycles. The molecule has 0 radical (unpaired) electrons. The van der Waals surface area contributed by atoms with Crippen molar-refractivity contribution in [3.63, 3.8) is 0 Å². The fourth-order valence-corrected chi connectivity index (χ4v) is 2.74. The number of benzene rings is 1. The van der Waals surface area contributed by atoms with E-state index in [2.05, 4.69) is 9.71 Å². The van der Waals surface area contributed by atoms with Gasteiger partial charge in [0.2, 0.25) is 10.0 Å². The third-order valence-electron chi connectivity index (χ3n) is 2.51. The molecular formula is C13H23IN4O2S. The van der Waals surface area contributed by atoms with Gasteiger partial charge in [-0.1, -0.05) is 18.2 Å². The highest BCUT2D eigenvalue weighted by Gasteiger charge is 2.12. The summed E-state index contributed by atoms with van der Waals surface area (Å²) in [5.41, 5.74) is 0. The minimum atomic E-state index is -3.45. The van der Waals surface area contributed by atoms with E-state index < -0.39 is 10.0 Å². The van der Waals surface area contributed by atoms with Gasteiger partial charge < -0.3 is 9.80 Å². The molecule has 1 N–H and O–H groups in total. The molecule has 0 bridgehead atoms. The highest BCUT2D eigenvalue weighted by Crippen LogP contribution is 2.06. The van der Waals surface area contributed by atoms with Gasteiger partial charge in [-0.25, -0.2) is 13.1 Å². The number of aliphatic imine (C=N–C) groups is 1. The molecule has 0 fully saturated rings. The van der Waals surface area contributed by atoms with Gasteiger partial charge in [-0.2, -0.15) is 0 Å². The van der Waals surface area contributed by atoms with Gasteiger partial charge in [0, 0.05) is 34.7 Å². The molecule has 120 valence electrons. The summed E-state index contributed by atoms with van der Waals surface area (Å²) in [5.74, 6) is 0.795. The van der Waals surface area contributed by atoms with Crippen molar-refractivity contribution < 1.29 is 8.42 Å². The number of rotatable bonds is 5. The molecule has 21 heavy (non-hydrogen) atoms. The van der Waals surface area contributed by atoms with E-state index in [1.54, 1.807) is 30.3 Å². The molecule has 0 unspecified atom stereocenters. The summed E-state index contributed by atoms with van der Waals surface area (Å²) in [5, 5.41) is 0. The lowest BCUT2D eigenvalue weighted by Gasteiger charge is -2.22. The Bertz CT molecular complexity index is 535. The second-order valence-electron chi connectivity index (χ2n) is 4.68. The fourth-order valence-electron chi connectivity index (χ4n) is 1.70. The third-order valence-corrected chi connectivity index (χ3v) is 3.99. The van der Waals surface area contributed by atoms with Crippen molar-refractivity contribution in [3.8, 4) is 0 Å². The lowest BCUT2D eigenvalue weighted by molar-refractivity contribution is 0.479. The largest absolute Gasteiger partial charge is 0.349 e. The Balaban J connectivity index is 0.00000400. The molecule has 0 aliphatic heterocycles. The maximum absolute atomic E-state index is 12.0. The van der Waals surface area contributed by atoms with Crippen LogP contribution < -0.4 is 4.72 Å². The molecule has 0 aliphatic carbocycles. The average molecular weight is 426 g/mol. The average Bonchev–Trinajstić information content (AvgIpc) is 2.38. The van der Waals surface area contributed by atoms with Crippen molar-refractivity contribution in [2.45, 2.75) is 4.90 Å². The highest BCUT2D eigenvalue weighted by molar-refractivity contribution is 14.0. The van der Waals surface area contributed by atoms with Crippen molar-refractivity contribution in [1.82, 2.24) is 14.5 Å². The van der Waals surface area contributed by atoms with E-state index in [0.29, 0.717) is 6.54 Å². The number of sulfonamides is 1. The van der Waals surface area contributed by atoms with Gasteiger partial charge >= 0.3 is 0 Å². The summed E-state index contributed by atoms with van der Waals surface area (Å²) >= 11 is 0. The molecular weight excluding hydrogens is 403 g/mol. The van der Waals surface area contributed by atoms with Gasteiger partial charge in [-0.3, -0.25) is 4.99 Å². The van der Waals surface area contributed by atoms with E-state index in [-0.39, 0.29) is 35.4 Å². The number of guanidine groups is 1. The van der Waals surface area contributed by atoms with Crippen LogP contribution in [0.4, 0.5) is 0 Å². The quantitative estimate of drug-likeness (QED) is 0.331. The Morgan fingerprint density at radius 1 is 1.10 bits per heavy atom.